The first kappa shape index (κ1) is 14.3. The number of carbonyl (C=O) groups excluding carboxylic acids is 1. The molecule has 0 saturated carbocycles. The van der Waals surface area contributed by atoms with E-state index >= 15 is 0 Å². The van der Waals surface area contributed by atoms with Gasteiger partial charge in [0, 0.05) is 0 Å². The number of esters is 1. The fourth-order valence-electron chi connectivity index (χ4n) is 1.83. The maximum atomic E-state index is 11.7. The van der Waals surface area contributed by atoms with Gasteiger partial charge in [0.25, 0.3) is 0 Å². The van der Waals surface area contributed by atoms with E-state index in [0.717, 1.165) is 16.7 Å². The lowest BCUT2D eigenvalue weighted by molar-refractivity contribution is 0.0601. The highest BCUT2D eigenvalue weighted by Crippen LogP contribution is 2.31. The summed E-state index contributed by atoms with van der Waals surface area (Å²) in [5, 5.41) is 0. The van der Waals surface area contributed by atoms with E-state index in [0.29, 0.717) is 5.56 Å². The van der Waals surface area contributed by atoms with Gasteiger partial charge in [-0.25, -0.2) is 4.79 Å². The van der Waals surface area contributed by atoms with E-state index < -0.39 is 0 Å². The molecule has 0 aliphatic rings. The van der Waals surface area contributed by atoms with Gasteiger partial charge in [0.15, 0.2) is 0 Å². The van der Waals surface area contributed by atoms with Crippen LogP contribution in [0.15, 0.2) is 48.5 Å². The van der Waals surface area contributed by atoms with Crippen LogP contribution in [-0.4, -0.2) is 13.1 Å². The molecule has 2 aromatic rings. The molecular weight excluding hydrogens is 372 g/mol. The van der Waals surface area contributed by atoms with Gasteiger partial charge in [-0.15, -0.1) is 0 Å². The molecule has 98 valence electrons. The molecule has 0 aromatic heterocycles. The van der Waals surface area contributed by atoms with Gasteiger partial charge in [-0.05, 0) is 22.8 Å². The van der Waals surface area contributed by atoms with Crippen molar-refractivity contribution in [2.24, 2.45) is 0 Å². The van der Waals surface area contributed by atoms with Crippen LogP contribution < -0.4 is 0 Å². The summed E-state index contributed by atoms with van der Waals surface area (Å²) in [6, 6.07) is 15.4. The number of halogens is 2. The minimum atomic E-state index is -0.321. The minimum Gasteiger partial charge on any atom is -0.465 e. The standard InChI is InChI=1S/C15H12Br2O2/c1-19-15(18)13-5-3-2-4-12(13)10-6-8-11(9-7-10)14(16)17/h2-9,14H,1H3. The zero-order valence-corrected chi connectivity index (χ0v) is 13.4. The first-order valence-electron chi connectivity index (χ1n) is 5.69. The molecule has 4 heteroatoms. The summed E-state index contributed by atoms with van der Waals surface area (Å²) >= 11 is 6.91. The molecule has 0 saturated heterocycles. The number of carbonyl (C=O) groups is 1. The number of benzene rings is 2. The second-order valence-corrected chi connectivity index (χ2v) is 7.02. The van der Waals surface area contributed by atoms with Gasteiger partial charge < -0.3 is 4.74 Å². The molecule has 0 radical (unpaired) electrons. The van der Waals surface area contributed by atoms with Crippen molar-refractivity contribution in [3.63, 3.8) is 0 Å². The molecule has 0 N–H and O–H groups in total. The first-order valence-corrected chi connectivity index (χ1v) is 7.52. The zero-order chi connectivity index (χ0) is 13.8. The molecule has 0 atom stereocenters. The molecule has 0 fully saturated rings. The molecule has 2 nitrogen and oxygen atoms in total. The van der Waals surface area contributed by atoms with Crippen LogP contribution in [0.2, 0.25) is 0 Å². The largest absolute Gasteiger partial charge is 0.465 e. The van der Waals surface area contributed by atoms with Gasteiger partial charge in [0.2, 0.25) is 0 Å². The van der Waals surface area contributed by atoms with E-state index in [1.807, 2.05) is 42.5 Å². The molecule has 0 unspecified atom stereocenters. The van der Waals surface area contributed by atoms with Crippen molar-refractivity contribution < 1.29 is 9.53 Å². The zero-order valence-electron chi connectivity index (χ0n) is 10.3. The number of alkyl halides is 2. The number of hydrogen-bond acceptors (Lipinski definition) is 2. The number of rotatable bonds is 3. The first-order chi connectivity index (χ1) is 9.13. The summed E-state index contributed by atoms with van der Waals surface area (Å²) in [5.74, 6) is -0.321. The van der Waals surface area contributed by atoms with Crippen molar-refractivity contribution in [1.82, 2.24) is 0 Å². The van der Waals surface area contributed by atoms with E-state index in [2.05, 4.69) is 31.9 Å². The second kappa shape index (κ2) is 6.35. The Hall–Kier alpha value is -1.13. The summed E-state index contributed by atoms with van der Waals surface area (Å²) in [7, 11) is 1.39. The van der Waals surface area contributed by atoms with Crippen LogP contribution in [-0.2, 0) is 4.74 Å². The molecular formula is C15H12Br2O2. The van der Waals surface area contributed by atoms with E-state index in [4.69, 9.17) is 4.74 Å². The summed E-state index contributed by atoms with van der Waals surface area (Å²) in [4.78, 5) is 11.7. The van der Waals surface area contributed by atoms with E-state index in [-0.39, 0.29) is 9.71 Å². The fraction of sp³-hybridized carbons (Fsp3) is 0.133. The van der Waals surface area contributed by atoms with Crippen molar-refractivity contribution in [1.29, 1.82) is 0 Å². The summed E-state index contributed by atoms with van der Waals surface area (Å²) in [5.41, 5.74) is 3.57. The average molecular weight is 384 g/mol. The van der Waals surface area contributed by atoms with Crippen LogP contribution in [0.4, 0.5) is 0 Å². The van der Waals surface area contributed by atoms with Gasteiger partial charge in [0.1, 0.15) is 0 Å². The molecule has 0 heterocycles. The highest BCUT2D eigenvalue weighted by atomic mass is 79.9. The summed E-state index contributed by atoms with van der Waals surface area (Å²) in [6.07, 6.45) is 0. The molecule has 0 spiro atoms. The maximum Gasteiger partial charge on any atom is 0.338 e. The highest BCUT2D eigenvalue weighted by molar-refractivity contribution is 9.24. The number of ether oxygens (including phenoxy) is 1. The normalized spacial score (nSPS) is 10.5. The van der Waals surface area contributed by atoms with Gasteiger partial charge in [-0.3, -0.25) is 0 Å². The Morgan fingerprint density at radius 1 is 1.05 bits per heavy atom. The average Bonchev–Trinajstić information content (AvgIpc) is 2.46. The van der Waals surface area contributed by atoms with Crippen LogP contribution in [0, 0.1) is 0 Å². The Bertz CT molecular complexity index is 577. The minimum absolute atomic E-state index is 0.130. The highest BCUT2D eigenvalue weighted by Gasteiger charge is 2.12. The predicted molar refractivity (Wildman–Crippen MR) is 83.8 cm³/mol. The Morgan fingerprint density at radius 2 is 1.68 bits per heavy atom. The third kappa shape index (κ3) is 3.25. The topological polar surface area (TPSA) is 26.3 Å². The van der Waals surface area contributed by atoms with Gasteiger partial charge in [0.05, 0.1) is 16.4 Å². The Kier molecular flexibility index (Phi) is 4.77. The van der Waals surface area contributed by atoms with Crippen LogP contribution in [0.1, 0.15) is 19.7 Å². The molecule has 0 aliphatic carbocycles. The third-order valence-corrected chi connectivity index (χ3v) is 3.86. The van der Waals surface area contributed by atoms with Crippen LogP contribution in [0.3, 0.4) is 0 Å². The van der Waals surface area contributed by atoms with E-state index in [1.54, 1.807) is 6.07 Å². The smallest absolute Gasteiger partial charge is 0.338 e. The summed E-state index contributed by atoms with van der Waals surface area (Å²) in [6.45, 7) is 0. The van der Waals surface area contributed by atoms with Gasteiger partial charge >= 0.3 is 5.97 Å². The molecule has 2 aromatic carbocycles. The Labute approximate surface area is 129 Å². The van der Waals surface area contributed by atoms with Crippen molar-refractivity contribution in [3.8, 4) is 11.1 Å². The third-order valence-electron chi connectivity index (χ3n) is 2.81. The van der Waals surface area contributed by atoms with Crippen molar-refractivity contribution >= 4 is 37.8 Å². The fourth-order valence-corrected chi connectivity index (χ4v) is 2.44. The second-order valence-electron chi connectivity index (χ2n) is 3.96. The Morgan fingerprint density at radius 3 is 2.26 bits per heavy atom. The van der Waals surface area contributed by atoms with Crippen molar-refractivity contribution in [2.45, 2.75) is 3.74 Å². The number of methoxy groups -OCH3 is 1. The van der Waals surface area contributed by atoms with Gasteiger partial charge in [-0.2, -0.15) is 0 Å². The van der Waals surface area contributed by atoms with Crippen molar-refractivity contribution in [3.05, 3.63) is 59.7 Å². The van der Waals surface area contributed by atoms with E-state index in [1.165, 1.54) is 7.11 Å². The lowest BCUT2D eigenvalue weighted by atomic mass is 9.99. The maximum absolute atomic E-state index is 11.7. The molecule has 0 amide bonds. The molecule has 0 aliphatic heterocycles. The SMILES string of the molecule is COC(=O)c1ccccc1-c1ccc(C(Br)Br)cc1. The predicted octanol–water partition coefficient (Wildman–Crippen LogP) is 4.93. The van der Waals surface area contributed by atoms with Crippen LogP contribution >= 0.6 is 31.9 Å². The molecule has 19 heavy (non-hydrogen) atoms. The molecule has 0 bridgehead atoms. The molecule has 2 rings (SSSR count). The van der Waals surface area contributed by atoms with Crippen LogP contribution in [0.25, 0.3) is 11.1 Å². The van der Waals surface area contributed by atoms with Gasteiger partial charge in [-0.1, -0.05) is 74.3 Å². The summed E-state index contributed by atoms with van der Waals surface area (Å²) < 4.78 is 4.94. The Balaban J connectivity index is 2.44. The van der Waals surface area contributed by atoms with Crippen molar-refractivity contribution in [2.75, 3.05) is 7.11 Å². The lowest BCUT2D eigenvalue weighted by Crippen LogP contribution is -2.03. The monoisotopic (exact) mass is 382 g/mol. The number of hydrogen-bond donors (Lipinski definition) is 0. The lowest BCUT2D eigenvalue weighted by Gasteiger charge is -2.09. The van der Waals surface area contributed by atoms with Crippen LogP contribution in [0.5, 0.6) is 0 Å². The quantitative estimate of drug-likeness (QED) is 0.554. The van der Waals surface area contributed by atoms with E-state index in [9.17, 15) is 4.79 Å².